The first-order valence-electron chi connectivity index (χ1n) is 5.25. The van der Waals surface area contributed by atoms with E-state index in [1.807, 2.05) is 0 Å². The molecule has 0 aliphatic carbocycles. The van der Waals surface area contributed by atoms with E-state index in [4.69, 9.17) is 4.74 Å². The number of nitrogens with one attached hydrogen (secondary N) is 1. The Bertz CT molecular complexity index is 257. The van der Waals surface area contributed by atoms with Crippen LogP contribution in [0.15, 0.2) is 0 Å². The highest BCUT2D eigenvalue weighted by Gasteiger charge is 2.36. The van der Waals surface area contributed by atoms with E-state index in [2.05, 4.69) is 5.32 Å². The second-order valence-electron chi connectivity index (χ2n) is 5.10. The molecule has 0 heterocycles. The van der Waals surface area contributed by atoms with Crippen molar-refractivity contribution in [3.8, 4) is 0 Å². The summed E-state index contributed by atoms with van der Waals surface area (Å²) >= 11 is 0. The van der Waals surface area contributed by atoms with Crippen molar-refractivity contribution < 1.29 is 19.4 Å². The van der Waals surface area contributed by atoms with E-state index in [-0.39, 0.29) is 5.92 Å². The summed E-state index contributed by atoms with van der Waals surface area (Å²) in [6.45, 7) is 8.20. The average molecular weight is 231 g/mol. The van der Waals surface area contributed by atoms with Crippen LogP contribution < -0.4 is 5.32 Å². The third-order valence-electron chi connectivity index (χ3n) is 2.24. The highest BCUT2D eigenvalue weighted by Crippen LogP contribution is 2.15. The number of amides is 1. The maximum absolute atomic E-state index is 11.5. The van der Waals surface area contributed by atoms with Crippen molar-refractivity contribution in [1.82, 2.24) is 5.32 Å². The molecule has 0 aromatic carbocycles. The third kappa shape index (κ3) is 4.18. The molecule has 0 bridgehead atoms. The van der Waals surface area contributed by atoms with Crippen LogP contribution in [0.5, 0.6) is 0 Å². The van der Waals surface area contributed by atoms with Crippen molar-refractivity contribution in [1.29, 1.82) is 0 Å². The quantitative estimate of drug-likeness (QED) is 0.710. The van der Waals surface area contributed by atoms with Crippen molar-refractivity contribution in [3.63, 3.8) is 0 Å². The fraction of sp³-hybridized carbons (Fsp3) is 0.818. The number of aldehydes is 1. The van der Waals surface area contributed by atoms with Gasteiger partial charge in [-0.2, -0.15) is 0 Å². The van der Waals surface area contributed by atoms with Gasteiger partial charge >= 0.3 is 6.09 Å². The number of alkyl carbamates (subject to hydrolysis) is 1. The molecule has 0 aliphatic rings. The molecule has 0 saturated carbocycles. The number of carbonyl (C=O) groups is 2. The number of hydrogen-bond donors (Lipinski definition) is 2. The first-order valence-corrected chi connectivity index (χ1v) is 5.25. The van der Waals surface area contributed by atoms with Crippen molar-refractivity contribution in [3.05, 3.63) is 0 Å². The average Bonchev–Trinajstić information content (AvgIpc) is 2.10. The van der Waals surface area contributed by atoms with Crippen molar-refractivity contribution in [2.75, 3.05) is 6.61 Å². The van der Waals surface area contributed by atoms with E-state index in [0.717, 1.165) is 0 Å². The van der Waals surface area contributed by atoms with Crippen LogP contribution in [0.4, 0.5) is 4.79 Å². The Kier molecular flexibility index (Phi) is 4.93. The minimum atomic E-state index is -1.28. The lowest BCUT2D eigenvalue weighted by Crippen LogP contribution is -2.57. The van der Waals surface area contributed by atoms with Gasteiger partial charge in [-0.1, -0.05) is 13.8 Å². The first kappa shape index (κ1) is 14.9. The Labute approximate surface area is 96.2 Å². The molecule has 0 aromatic rings. The molecule has 16 heavy (non-hydrogen) atoms. The Morgan fingerprint density at radius 3 is 2.19 bits per heavy atom. The summed E-state index contributed by atoms with van der Waals surface area (Å²) in [6.07, 6.45) is -0.163. The standard InChI is InChI=1S/C11H21NO4/c1-8(2)11(6-13,7-14)12-9(15)16-10(3,4)5/h6,8,14H,7H2,1-5H3,(H,12,15). The highest BCUT2D eigenvalue weighted by molar-refractivity contribution is 5.77. The molecule has 2 N–H and O–H groups in total. The summed E-state index contributed by atoms with van der Waals surface area (Å²) in [4.78, 5) is 22.5. The lowest BCUT2D eigenvalue weighted by atomic mass is 9.89. The van der Waals surface area contributed by atoms with Crippen LogP contribution in [0.3, 0.4) is 0 Å². The van der Waals surface area contributed by atoms with Crippen molar-refractivity contribution in [2.24, 2.45) is 5.92 Å². The number of aliphatic hydroxyl groups excluding tert-OH is 1. The van der Waals surface area contributed by atoms with E-state index < -0.39 is 23.8 Å². The number of ether oxygens (including phenoxy) is 1. The van der Waals surface area contributed by atoms with Gasteiger partial charge in [0.1, 0.15) is 17.4 Å². The SMILES string of the molecule is CC(C)C(C=O)(CO)NC(=O)OC(C)(C)C. The first-order chi connectivity index (χ1) is 7.17. The summed E-state index contributed by atoms with van der Waals surface area (Å²) in [5, 5.41) is 11.6. The van der Waals surface area contributed by atoms with E-state index in [1.165, 1.54) is 0 Å². The monoisotopic (exact) mass is 231 g/mol. The molecular formula is C11H21NO4. The molecule has 0 rings (SSSR count). The van der Waals surface area contributed by atoms with Crippen molar-refractivity contribution >= 4 is 12.4 Å². The van der Waals surface area contributed by atoms with Gasteiger partial charge in [-0.05, 0) is 26.7 Å². The number of rotatable bonds is 4. The number of carbonyl (C=O) groups excluding carboxylic acids is 2. The molecule has 5 heteroatoms. The van der Waals surface area contributed by atoms with Crippen LogP contribution in [0.2, 0.25) is 0 Å². The maximum atomic E-state index is 11.5. The molecule has 0 spiro atoms. The van der Waals surface area contributed by atoms with Gasteiger partial charge < -0.3 is 20.0 Å². The fourth-order valence-corrected chi connectivity index (χ4v) is 1.06. The van der Waals surface area contributed by atoms with Crippen LogP contribution in [0.1, 0.15) is 34.6 Å². The lowest BCUT2D eigenvalue weighted by Gasteiger charge is -2.32. The van der Waals surface area contributed by atoms with Crippen LogP contribution >= 0.6 is 0 Å². The van der Waals surface area contributed by atoms with Gasteiger partial charge in [0.25, 0.3) is 0 Å². The molecule has 0 radical (unpaired) electrons. The topological polar surface area (TPSA) is 75.6 Å². The molecule has 0 aromatic heterocycles. The Hall–Kier alpha value is -1.10. The Balaban J connectivity index is 4.65. The van der Waals surface area contributed by atoms with Crippen LogP contribution in [-0.4, -0.2) is 35.2 Å². The zero-order chi connectivity index (χ0) is 13.0. The molecule has 1 unspecified atom stereocenters. The molecule has 1 amide bonds. The zero-order valence-electron chi connectivity index (χ0n) is 10.5. The molecule has 5 nitrogen and oxygen atoms in total. The van der Waals surface area contributed by atoms with Crippen LogP contribution in [0, 0.1) is 5.92 Å². The summed E-state index contributed by atoms with van der Waals surface area (Å²) in [6, 6.07) is 0. The smallest absolute Gasteiger partial charge is 0.408 e. The highest BCUT2D eigenvalue weighted by atomic mass is 16.6. The van der Waals surface area contributed by atoms with Gasteiger partial charge in [0.15, 0.2) is 0 Å². The Morgan fingerprint density at radius 1 is 1.44 bits per heavy atom. The van der Waals surface area contributed by atoms with E-state index >= 15 is 0 Å². The van der Waals surface area contributed by atoms with Gasteiger partial charge in [-0.3, -0.25) is 0 Å². The molecular weight excluding hydrogens is 210 g/mol. The predicted molar refractivity (Wildman–Crippen MR) is 60.1 cm³/mol. The summed E-state index contributed by atoms with van der Waals surface area (Å²) in [7, 11) is 0. The lowest BCUT2D eigenvalue weighted by molar-refractivity contribution is -0.116. The molecule has 1 atom stereocenters. The van der Waals surface area contributed by atoms with Crippen LogP contribution in [0.25, 0.3) is 0 Å². The maximum Gasteiger partial charge on any atom is 0.408 e. The van der Waals surface area contributed by atoms with Gasteiger partial charge in [0.05, 0.1) is 6.61 Å². The van der Waals surface area contributed by atoms with Gasteiger partial charge in [-0.15, -0.1) is 0 Å². The minimum absolute atomic E-state index is 0.220. The second kappa shape index (κ2) is 5.30. The van der Waals surface area contributed by atoms with E-state index in [1.54, 1.807) is 34.6 Å². The van der Waals surface area contributed by atoms with E-state index in [9.17, 15) is 14.7 Å². The summed E-state index contributed by atoms with van der Waals surface area (Å²) < 4.78 is 5.03. The van der Waals surface area contributed by atoms with Gasteiger partial charge in [-0.25, -0.2) is 4.79 Å². The van der Waals surface area contributed by atoms with Crippen molar-refractivity contribution in [2.45, 2.75) is 45.8 Å². The molecule has 0 aliphatic heterocycles. The van der Waals surface area contributed by atoms with Crippen LogP contribution in [-0.2, 0) is 9.53 Å². The normalized spacial score (nSPS) is 15.4. The van der Waals surface area contributed by atoms with Gasteiger partial charge in [0, 0.05) is 0 Å². The summed E-state index contributed by atoms with van der Waals surface area (Å²) in [5.74, 6) is -0.220. The zero-order valence-corrected chi connectivity index (χ0v) is 10.5. The third-order valence-corrected chi connectivity index (χ3v) is 2.24. The fourth-order valence-electron chi connectivity index (χ4n) is 1.06. The van der Waals surface area contributed by atoms with Gasteiger partial charge in [0.2, 0.25) is 0 Å². The number of hydrogen-bond acceptors (Lipinski definition) is 4. The molecule has 94 valence electrons. The largest absolute Gasteiger partial charge is 0.444 e. The predicted octanol–water partition coefficient (Wildman–Crippen LogP) is 1.10. The number of aliphatic hydroxyl groups is 1. The molecule has 0 fully saturated rings. The van der Waals surface area contributed by atoms with E-state index in [0.29, 0.717) is 6.29 Å². The second-order valence-corrected chi connectivity index (χ2v) is 5.10. The summed E-state index contributed by atoms with van der Waals surface area (Å²) in [5.41, 5.74) is -1.91. The Morgan fingerprint density at radius 2 is 1.94 bits per heavy atom. The minimum Gasteiger partial charge on any atom is -0.444 e. The molecule has 0 saturated heterocycles.